The number of fused-ring (bicyclic) bond motifs is 6. The SMILES string of the molecule is CCC1=C2/C(=C/COc3cccc4cccc2c34)C=Cc2c1nc(OCC13CCCN1CCC3)nc2N1CC2CCC(C1)N2. The lowest BCUT2D eigenvalue weighted by molar-refractivity contribution is 0.107. The minimum absolute atomic E-state index is 0.144. The van der Waals surface area contributed by atoms with E-state index in [0.717, 1.165) is 42.3 Å². The van der Waals surface area contributed by atoms with E-state index in [2.05, 4.69) is 76.7 Å². The van der Waals surface area contributed by atoms with Gasteiger partial charge in [-0.1, -0.05) is 43.3 Å². The number of rotatable bonds is 5. The molecule has 1 N–H and O–H groups in total. The zero-order valence-corrected chi connectivity index (χ0v) is 25.6. The maximum atomic E-state index is 6.70. The number of aromatic nitrogens is 2. The minimum atomic E-state index is 0.144. The second-order valence-electron chi connectivity index (χ2n) is 13.5. The van der Waals surface area contributed by atoms with E-state index < -0.39 is 0 Å². The summed E-state index contributed by atoms with van der Waals surface area (Å²) in [5, 5.41) is 6.17. The van der Waals surface area contributed by atoms with E-state index in [1.807, 2.05) is 0 Å². The second kappa shape index (κ2) is 10.5. The molecule has 4 saturated heterocycles. The van der Waals surface area contributed by atoms with Crippen LogP contribution in [0.5, 0.6) is 11.8 Å². The first-order chi connectivity index (χ1) is 21.7. The molecule has 44 heavy (non-hydrogen) atoms. The topological polar surface area (TPSA) is 62.8 Å². The van der Waals surface area contributed by atoms with Crippen LogP contribution in [0.25, 0.3) is 28.0 Å². The molecule has 3 aromatic rings. The third-order valence-electron chi connectivity index (χ3n) is 11.0. The zero-order valence-electron chi connectivity index (χ0n) is 25.6. The first-order valence-electron chi connectivity index (χ1n) is 16.8. The van der Waals surface area contributed by atoms with Crippen molar-refractivity contribution in [2.75, 3.05) is 44.3 Å². The average Bonchev–Trinajstić information content (AvgIpc) is 3.70. The summed E-state index contributed by atoms with van der Waals surface area (Å²) in [6, 6.07) is 14.5. The molecule has 1 aromatic heterocycles. The first kappa shape index (κ1) is 26.7. The molecule has 7 nitrogen and oxygen atoms in total. The van der Waals surface area contributed by atoms with Crippen molar-refractivity contribution in [3.8, 4) is 11.8 Å². The smallest absolute Gasteiger partial charge is 0.319 e. The van der Waals surface area contributed by atoms with Crippen molar-refractivity contribution in [2.24, 2.45) is 0 Å². The summed E-state index contributed by atoms with van der Waals surface area (Å²) in [5.41, 5.74) is 7.14. The second-order valence-corrected chi connectivity index (χ2v) is 13.5. The minimum Gasteiger partial charge on any atom is -0.489 e. The van der Waals surface area contributed by atoms with Gasteiger partial charge in [0.05, 0.1) is 11.2 Å². The number of nitrogens with zero attached hydrogens (tertiary/aromatic N) is 4. The monoisotopic (exact) mass is 587 g/mol. The Morgan fingerprint density at radius 1 is 1.00 bits per heavy atom. The first-order valence-corrected chi connectivity index (χ1v) is 16.8. The van der Waals surface area contributed by atoms with E-state index in [1.54, 1.807) is 0 Å². The van der Waals surface area contributed by atoms with Gasteiger partial charge in [0.25, 0.3) is 0 Å². The third-order valence-corrected chi connectivity index (χ3v) is 11.0. The van der Waals surface area contributed by atoms with E-state index in [9.17, 15) is 0 Å². The molecule has 2 aromatic carbocycles. The van der Waals surface area contributed by atoms with Gasteiger partial charge in [0.2, 0.25) is 0 Å². The predicted octanol–water partition coefficient (Wildman–Crippen LogP) is 6.24. The van der Waals surface area contributed by atoms with E-state index in [-0.39, 0.29) is 5.54 Å². The van der Waals surface area contributed by atoms with Crippen molar-refractivity contribution in [2.45, 2.75) is 69.5 Å². The van der Waals surface area contributed by atoms with Gasteiger partial charge in [-0.05, 0) is 104 Å². The molecule has 0 saturated carbocycles. The number of piperazine rings is 1. The van der Waals surface area contributed by atoms with Crippen LogP contribution in [0.1, 0.15) is 68.7 Å². The fourth-order valence-corrected chi connectivity index (χ4v) is 8.99. The summed E-state index contributed by atoms with van der Waals surface area (Å²) < 4.78 is 13.0. The molecule has 2 bridgehead atoms. The summed E-state index contributed by atoms with van der Waals surface area (Å²) in [7, 11) is 0. The van der Waals surface area contributed by atoms with Crippen LogP contribution in [0.4, 0.5) is 5.82 Å². The maximum absolute atomic E-state index is 6.70. The molecule has 9 rings (SSSR count). The third kappa shape index (κ3) is 4.23. The Balaban J connectivity index is 1.23. The molecule has 6 heterocycles. The molecule has 0 radical (unpaired) electrons. The fraction of sp³-hybridized carbons (Fsp3) is 0.459. The lowest BCUT2D eigenvalue weighted by Crippen LogP contribution is -2.51. The van der Waals surface area contributed by atoms with Crippen molar-refractivity contribution in [3.05, 3.63) is 70.9 Å². The van der Waals surface area contributed by atoms with Crippen LogP contribution < -0.4 is 19.7 Å². The highest BCUT2D eigenvalue weighted by Gasteiger charge is 2.45. The van der Waals surface area contributed by atoms with Gasteiger partial charge >= 0.3 is 6.01 Å². The molecule has 2 atom stereocenters. The summed E-state index contributed by atoms with van der Waals surface area (Å²) in [5.74, 6) is 1.95. The molecule has 6 aliphatic rings. The lowest BCUT2D eigenvalue weighted by atomic mass is 9.87. The Morgan fingerprint density at radius 3 is 2.59 bits per heavy atom. The summed E-state index contributed by atoms with van der Waals surface area (Å²) in [6.45, 7) is 7.76. The van der Waals surface area contributed by atoms with Gasteiger partial charge in [0.15, 0.2) is 0 Å². The summed E-state index contributed by atoms with van der Waals surface area (Å²) >= 11 is 0. The van der Waals surface area contributed by atoms with E-state index in [1.165, 1.54) is 84.7 Å². The van der Waals surface area contributed by atoms with E-state index in [4.69, 9.17) is 19.4 Å². The molecule has 7 heteroatoms. The Morgan fingerprint density at radius 2 is 1.80 bits per heavy atom. The Bertz CT molecular complexity index is 1710. The van der Waals surface area contributed by atoms with Gasteiger partial charge < -0.3 is 19.7 Å². The number of benzene rings is 2. The highest BCUT2D eigenvalue weighted by molar-refractivity contribution is 6.10. The van der Waals surface area contributed by atoms with Crippen LogP contribution in [0.2, 0.25) is 0 Å². The van der Waals surface area contributed by atoms with Crippen molar-refractivity contribution >= 4 is 33.8 Å². The van der Waals surface area contributed by atoms with Gasteiger partial charge in [-0.25, -0.2) is 0 Å². The normalized spacial score (nSPS) is 26.3. The number of anilines is 1. The Labute approximate surface area is 259 Å². The standard InChI is InChI=1S/C37H41N5O2/c1-2-28-32-25(15-20-43-31-10-4-8-24-7-3-9-29(32)33(24)31)11-14-30-34(28)39-36(44-23-37-16-5-18-42(37)19-6-17-37)40-35(30)41-21-26-12-13-27(22-41)38-26/h3-4,7-11,14-15,26-27,38H,2,5-6,12-13,16-23H2,1H3/b25-15+. The number of ether oxygens (including phenoxy) is 2. The fourth-order valence-electron chi connectivity index (χ4n) is 8.99. The number of allylic oxidation sites excluding steroid dienone is 4. The Hall–Kier alpha value is -3.68. The average molecular weight is 588 g/mol. The molecular weight excluding hydrogens is 546 g/mol. The molecule has 0 spiro atoms. The lowest BCUT2D eigenvalue weighted by Gasteiger charge is -2.35. The quantitative estimate of drug-likeness (QED) is 0.379. The van der Waals surface area contributed by atoms with Gasteiger partial charge in [-0.2, -0.15) is 9.97 Å². The maximum Gasteiger partial charge on any atom is 0.319 e. The van der Waals surface area contributed by atoms with Crippen molar-refractivity contribution in [1.82, 2.24) is 20.2 Å². The predicted molar refractivity (Wildman–Crippen MR) is 176 cm³/mol. The van der Waals surface area contributed by atoms with Crippen LogP contribution in [0, 0.1) is 0 Å². The molecule has 1 aliphatic carbocycles. The van der Waals surface area contributed by atoms with Gasteiger partial charge in [-0.15, -0.1) is 0 Å². The molecule has 5 aliphatic heterocycles. The number of hydrogen-bond acceptors (Lipinski definition) is 7. The van der Waals surface area contributed by atoms with Gasteiger partial charge in [0.1, 0.15) is 24.8 Å². The van der Waals surface area contributed by atoms with Crippen LogP contribution >= 0.6 is 0 Å². The van der Waals surface area contributed by atoms with Crippen LogP contribution in [0.3, 0.4) is 0 Å². The molecule has 0 amide bonds. The highest BCUT2D eigenvalue weighted by atomic mass is 16.5. The highest BCUT2D eigenvalue weighted by Crippen LogP contribution is 2.46. The van der Waals surface area contributed by atoms with Gasteiger partial charge in [-0.3, -0.25) is 4.90 Å². The summed E-state index contributed by atoms with van der Waals surface area (Å²) in [6.07, 6.45) is 15.0. The van der Waals surface area contributed by atoms with Crippen LogP contribution in [0.15, 0.2) is 54.1 Å². The van der Waals surface area contributed by atoms with Crippen LogP contribution in [-0.4, -0.2) is 71.9 Å². The van der Waals surface area contributed by atoms with Crippen molar-refractivity contribution in [1.29, 1.82) is 0 Å². The largest absolute Gasteiger partial charge is 0.489 e. The number of nitrogens with one attached hydrogen (secondary N) is 1. The van der Waals surface area contributed by atoms with Crippen molar-refractivity contribution in [3.63, 3.8) is 0 Å². The van der Waals surface area contributed by atoms with Crippen LogP contribution in [-0.2, 0) is 0 Å². The molecule has 226 valence electrons. The van der Waals surface area contributed by atoms with Crippen molar-refractivity contribution < 1.29 is 9.47 Å². The molecule has 4 fully saturated rings. The number of hydrogen-bond donors (Lipinski definition) is 1. The summed E-state index contributed by atoms with van der Waals surface area (Å²) in [4.78, 5) is 15.7. The van der Waals surface area contributed by atoms with E-state index in [0.29, 0.717) is 31.3 Å². The Kier molecular flexibility index (Phi) is 6.34. The van der Waals surface area contributed by atoms with E-state index >= 15 is 0 Å². The molecule has 2 unspecified atom stereocenters. The van der Waals surface area contributed by atoms with Gasteiger partial charge in [0, 0.05) is 36.1 Å². The molecular formula is C37H41N5O2. The zero-order chi connectivity index (χ0) is 29.3.